The minimum atomic E-state index is -1.71. The van der Waals surface area contributed by atoms with Crippen LogP contribution in [0.5, 0.6) is 0 Å². The van der Waals surface area contributed by atoms with Crippen LogP contribution in [0.25, 0.3) is 21.8 Å². The molecule has 0 bridgehead atoms. The third-order valence-corrected chi connectivity index (χ3v) is 25.7. The number of aliphatic hydroxyl groups is 1. The normalized spacial score (nSPS) is 23.5. The van der Waals surface area contributed by atoms with Crippen molar-refractivity contribution in [1.82, 2.24) is 91.6 Å². The third-order valence-electron chi connectivity index (χ3n) is 24.6. The largest absolute Gasteiger partial charge is 0.396 e. The Kier molecular flexibility index (Phi) is 39.6. The summed E-state index contributed by atoms with van der Waals surface area (Å²) in [5, 5.41) is 39.1. The molecular formula is C93H126N22O18S. The number of hydrogen-bond donors (Lipinski definition) is 16. The van der Waals surface area contributed by atoms with E-state index in [9.17, 15) is 43.5 Å². The number of aromatic nitrogens is 6. The Bertz CT molecular complexity index is 5280. The van der Waals surface area contributed by atoms with E-state index in [0.29, 0.717) is 75.6 Å². The van der Waals surface area contributed by atoms with Crippen LogP contribution in [-0.4, -0.2) is 292 Å². The smallest absolute Gasteiger partial charge is 0.246 e. The molecule has 7 aromatic rings. The average molecular weight is 1870 g/mol. The Morgan fingerprint density at radius 1 is 0.522 bits per heavy atom. The summed E-state index contributed by atoms with van der Waals surface area (Å²) in [6, 6.07) is 9.91. The minimum absolute atomic E-state index is 0.0382. The van der Waals surface area contributed by atoms with Crippen molar-refractivity contribution in [3.63, 3.8) is 0 Å². The fraction of sp³-hybridized carbons (Fsp3) is 0.505. The third kappa shape index (κ3) is 29.8. The van der Waals surface area contributed by atoms with Crippen LogP contribution in [0.2, 0.25) is 0 Å². The highest BCUT2D eigenvalue weighted by Gasteiger charge is 2.44. The number of nitrogens with zero attached hydrogens (tertiary/aromatic N) is 7. The fourth-order valence-electron chi connectivity index (χ4n) is 17.0. The summed E-state index contributed by atoms with van der Waals surface area (Å²) >= 11 is 0.821. The summed E-state index contributed by atoms with van der Waals surface area (Å²) in [5.41, 5.74) is 20.7. The van der Waals surface area contributed by atoms with E-state index in [4.69, 9.17) is 22.6 Å². The lowest BCUT2D eigenvalue weighted by molar-refractivity contribution is -0.149. The molecule has 41 heteroatoms. The van der Waals surface area contributed by atoms with Crippen LogP contribution >= 0.6 is 11.8 Å². The van der Waals surface area contributed by atoms with Crippen LogP contribution in [0.1, 0.15) is 145 Å². The zero-order chi connectivity index (χ0) is 97.4. The molecule has 3 aromatic carbocycles. The quantitative estimate of drug-likeness (QED) is 0.0205. The van der Waals surface area contributed by atoms with Gasteiger partial charge in [-0.3, -0.25) is 86.9 Å². The number of aromatic amines is 4. The number of Topliss-reactive ketones (excluding diaryl/α,β-unsaturated/α-hetero) is 4. The minimum Gasteiger partial charge on any atom is -0.396 e. The number of nitrogens with two attached hydrogens (primary N) is 3. The number of guanidine groups is 1. The van der Waals surface area contributed by atoms with Crippen molar-refractivity contribution in [2.75, 3.05) is 72.5 Å². The monoisotopic (exact) mass is 1870 g/mol. The number of para-hydroxylation sites is 2. The van der Waals surface area contributed by atoms with Gasteiger partial charge in [0.05, 0.1) is 74.5 Å². The van der Waals surface area contributed by atoms with Crippen molar-refractivity contribution in [3.05, 3.63) is 144 Å². The zero-order valence-electron chi connectivity index (χ0n) is 76.7. The molecule has 19 N–H and O–H groups in total. The number of carbonyl (C=O) groups excluding carboxylic acids is 17. The molecule has 0 saturated carbocycles. The maximum absolute atomic E-state index is 15.8. The Morgan fingerprint density at radius 3 is 1.66 bits per heavy atom. The maximum atomic E-state index is 15.8. The number of likely N-dealkylation sites (N-methyl/N-ethyl adjacent to an activating group) is 4. The second-order valence-corrected chi connectivity index (χ2v) is 35.6. The van der Waals surface area contributed by atoms with Gasteiger partial charge in [0.1, 0.15) is 42.0 Å². The molecule has 0 aliphatic carbocycles. The lowest BCUT2D eigenvalue weighted by atomic mass is 9.84. The summed E-state index contributed by atoms with van der Waals surface area (Å²) in [4.78, 5) is 276. The molecule has 2 saturated heterocycles. The first kappa shape index (κ1) is 104. The first-order valence-electron chi connectivity index (χ1n) is 45.2. The van der Waals surface area contributed by atoms with Crippen molar-refractivity contribution < 1.29 is 86.6 Å². The van der Waals surface area contributed by atoms with E-state index in [0.717, 1.165) is 21.6 Å². The number of primary amides is 2. The van der Waals surface area contributed by atoms with E-state index in [1.54, 1.807) is 91.3 Å². The molecular weight excluding hydrogens is 1750 g/mol. The molecule has 722 valence electrons. The van der Waals surface area contributed by atoms with Crippen molar-refractivity contribution in [2.45, 2.75) is 204 Å². The van der Waals surface area contributed by atoms with E-state index in [1.165, 1.54) is 74.9 Å². The van der Waals surface area contributed by atoms with E-state index in [2.05, 4.69) is 67.1 Å². The van der Waals surface area contributed by atoms with Gasteiger partial charge in [-0.05, 0) is 80.7 Å². The molecule has 4 aromatic heterocycles. The molecule has 2 aliphatic rings. The van der Waals surface area contributed by atoms with E-state index < -0.39 is 241 Å². The molecule has 134 heavy (non-hydrogen) atoms. The van der Waals surface area contributed by atoms with Crippen LogP contribution in [0.3, 0.4) is 0 Å². The van der Waals surface area contributed by atoms with Gasteiger partial charge < -0.3 is 104 Å². The number of unbranched alkanes of at least 4 members (excludes halogenated alkanes) is 2. The highest BCUT2D eigenvalue weighted by Crippen LogP contribution is 2.30. The summed E-state index contributed by atoms with van der Waals surface area (Å²) in [7, 11) is 5.39. The fourth-order valence-corrected chi connectivity index (χ4v) is 17.9. The molecule has 2 fully saturated rings. The summed E-state index contributed by atoms with van der Waals surface area (Å²) in [5.74, 6) is -20.3. The Labute approximate surface area is 780 Å². The molecule has 13 atom stereocenters. The second kappa shape index (κ2) is 51.0. The van der Waals surface area contributed by atoms with Crippen LogP contribution in [-0.2, 0) is 114 Å². The van der Waals surface area contributed by atoms with E-state index >= 15 is 43.2 Å². The number of nitrogens with one attached hydrogen (secondary N) is 12. The first-order chi connectivity index (χ1) is 64.1. The predicted octanol–water partition coefficient (Wildman–Crippen LogP) is 1.14. The number of carbonyl (C=O) groups is 17. The summed E-state index contributed by atoms with van der Waals surface area (Å²) in [6.07, 6.45) is 7.35. The van der Waals surface area contributed by atoms with Crippen molar-refractivity contribution in [1.29, 1.82) is 5.41 Å². The number of thioether (sulfide) groups is 1. The average Bonchev–Trinajstić information content (AvgIpc) is 1.66. The predicted molar refractivity (Wildman–Crippen MR) is 497 cm³/mol. The van der Waals surface area contributed by atoms with Gasteiger partial charge in [0, 0.05) is 168 Å². The zero-order valence-corrected chi connectivity index (χ0v) is 77.5. The Balaban J connectivity index is 1.09. The first-order valence-corrected chi connectivity index (χ1v) is 46.4. The van der Waals surface area contributed by atoms with Crippen molar-refractivity contribution in [2.24, 2.45) is 40.9 Å². The van der Waals surface area contributed by atoms with Crippen molar-refractivity contribution in [3.8, 4) is 0 Å². The SMILES string of the molecule is CCCC[C@@H]1C(=O)N(C)[C@@H](CCCC)C(=O)C[C@@H](CCCNC(=N)N)C(=O)N[C@H](C(=O)NCC(N)=O)CSCC(=O)N[C@@H](Cc2ccccc2)C(=O)N(C)[C@@H](C)C(=O)N[C@@H](CC(N)=O)C(=O)N2CCC[C@H]2C(=O)C[C@@H](Cc2cnc[nH]2)C(=O)C[C@@H](Cc2cnc[nH]2)C(=O)N(C)CC(=O)N[C@@H](Cc2c[nH]c3ccccc23)C(=O)C[C@@H](CO)C(=O)N[C@@H](Cc2c[nH]c3ccccc23)C(=O)N1C. The van der Waals surface area contributed by atoms with Crippen LogP contribution in [0, 0.1) is 29.1 Å². The number of fused-ring (bicyclic) bond motifs is 3. The van der Waals surface area contributed by atoms with Gasteiger partial charge in [-0.2, -0.15) is 0 Å². The number of amides is 13. The van der Waals surface area contributed by atoms with Crippen LogP contribution < -0.4 is 54.4 Å². The number of hydrogen-bond acceptors (Lipinski definition) is 22. The maximum Gasteiger partial charge on any atom is 0.246 e. The molecule has 0 spiro atoms. The Hall–Kier alpha value is -13.5. The standard InChI is InChI=1S/C93H126N22O18S/c1-8-10-28-73-78(119)38-56(23-19-31-100-93(96)97)85(126)110-72(87(128)103-47-81(95)122)50-134-51-83(124)107-69(33-55-21-13-12-14-22-55)89(130)112(5)54(3)84(125)108-71(42-80(94)121)91(132)115-32-20-30-74(115)79(120)39-57(34-62-45-98-52-104-62)76(117)40-58(35-63-46-99-53-105-63)88(129)111(4)48-82(123)106-68(36-59-43-101-66-26-17-15-24-64(59)66)77(118)41-61(49-116)86(127)109-70(37-60-44-102-67-27-18-16-25-65(60)67)90(131)114(7)75(29-11-9-2)92(133)113(73)6/h12-18,21-22,24-27,43-46,52-54,56-58,61,68-75,101-102,116H,8-11,19-20,23,28-42,47-51H2,1-7H3,(H2,94,121)(H2,95,122)(H,98,104)(H,99,105)(H,103,128)(H,106,123)(H,107,124)(H,108,125)(H,109,127)(H,110,126)(H4,96,97,100)/t54-,56+,57+,58+,61-,68-,69-,70-,71-,72-,73-,74-,75+/m0/s1. The number of benzene rings is 3. The molecule has 0 radical (unpaired) electrons. The van der Waals surface area contributed by atoms with Gasteiger partial charge in [-0.1, -0.05) is 106 Å². The number of aliphatic hydroxyl groups excluding tert-OH is 1. The van der Waals surface area contributed by atoms with Gasteiger partial charge in [0.2, 0.25) is 76.8 Å². The van der Waals surface area contributed by atoms with E-state index in [-0.39, 0.29) is 89.5 Å². The number of ketones is 4. The number of rotatable bonds is 26. The van der Waals surface area contributed by atoms with Gasteiger partial charge in [-0.25, -0.2) is 9.97 Å². The lowest BCUT2D eigenvalue weighted by Gasteiger charge is -2.36. The molecule has 40 nitrogen and oxygen atoms in total. The summed E-state index contributed by atoms with van der Waals surface area (Å²) in [6.45, 7) is 2.70. The number of H-pyrrole nitrogens is 4. The Morgan fingerprint density at radius 2 is 1.07 bits per heavy atom. The molecule has 2 aliphatic heterocycles. The van der Waals surface area contributed by atoms with Crippen molar-refractivity contribution >= 4 is 139 Å². The number of imidazole rings is 2. The van der Waals surface area contributed by atoms with Gasteiger partial charge >= 0.3 is 0 Å². The second-order valence-electron chi connectivity index (χ2n) is 34.5. The van der Waals surface area contributed by atoms with Crippen LogP contribution in [0.15, 0.2) is 116 Å². The van der Waals surface area contributed by atoms with Gasteiger partial charge in [0.15, 0.2) is 23.3 Å². The van der Waals surface area contributed by atoms with Gasteiger partial charge in [-0.15, -0.1) is 11.8 Å². The lowest BCUT2D eigenvalue weighted by Crippen LogP contribution is -2.58. The highest BCUT2D eigenvalue weighted by molar-refractivity contribution is 8.00. The molecule has 0 unspecified atom stereocenters. The summed E-state index contributed by atoms with van der Waals surface area (Å²) < 4.78 is 0. The van der Waals surface area contributed by atoms with Crippen LogP contribution in [0.4, 0.5) is 0 Å². The molecule has 13 amide bonds. The molecule has 9 rings (SSSR count). The topological polar surface area (TPSA) is 602 Å². The van der Waals surface area contributed by atoms with E-state index in [1.807, 2.05) is 13.8 Å². The highest BCUT2D eigenvalue weighted by atomic mass is 32.2. The van der Waals surface area contributed by atoms with Gasteiger partial charge in [0.25, 0.3) is 0 Å². The molecule has 6 heterocycles.